The number of methoxy groups -OCH3 is 1. The number of halogens is 1. The molecule has 3 heterocycles. The van der Waals surface area contributed by atoms with E-state index in [-0.39, 0.29) is 29.2 Å². The van der Waals surface area contributed by atoms with Gasteiger partial charge < -0.3 is 19.5 Å². The van der Waals surface area contributed by atoms with Crippen LogP contribution in [0.1, 0.15) is 56.3 Å². The number of anilines is 1. The van der Waals surface area contributed by atoms with Crippen LogP contribution in [0.3, 0.4) is 0 Å². The highest BCUT2D eigenvalue weighted by Gasteiger charge is 2.29. The Morgan fingerprint density at radius 1 is 1.08 bits per heavy atom. The first-order chi connectivity index (χ1) is 18.4. The third kappa shape index (κ3) is 5.82. The molecular formula is C26H32ClN7O4. The Kier molecular flexibility index (Phi) is 7.92. The van der Waals surface area contributed by atoms with Crippen LogP contribution < -0.4 is 14.8 Å². The van der Waals surface area contributed by atoms with Crippen molar-refractivity contribution in [3.63, 3.8) is 0 Å². The van der Waals surface area contributed by atoms with Crippen molar-refractivity contribution in [1.82, 2.24) is 30.2 Å². The van der Waals surface area contributed by atoms with Crippen LogP contribution in [0.5, 0.6) is 11.5 Å². The first kappa shape index (κ1) is 26.1. The van der Waals surface area contributed by atoms with Crippen molar-refractivity contribution < 1.29 is 19.0 Å². The number of ether oxygens (including phenoxy) is 3. The van der Waals surface area contributed by atoms with E-state index in [1.54, 1.807) is 10.7 Å². The Labute approximate surface area is 226 Å². The number of nitrogens with one attached hydrogen (secondary N) is 1. The van der Waals surface area contributed by atoms with Gasteiger partial charge in [-0.05, 0) is 64.0 Å². The standard InChI is InChI=1S/C26H32ClN7O4/c1-15-21(38-18-9-4-6-16(12-18)26(35)36-3)11-10-19(29-15)24-20(34(2)33-31-24)14-28-23-13-22(25(27)32-30-23)37-17-7-5-8-17/h10-11,13,16-18H,4-9,12,14H2,1-3H3,(H,28,30)/t16-,18-/m0/s1. The predicted molar refractivity (Wildman–Crippen MR) is 140 cm³/mol. The molecule has 0 saturated heterocycles. The van der Waals surface area contributed by atoms with Crippen LogP contribution >= 0.6 is 11.6 Å². The van der Waals surface area contributed by atoms with Crippen LogP contribution in [0.25, 0.3) is 11.4 Å². The van der Waals surface area contributed by atoms with Crippen molar-refractivity contribution in [2.45, 2.75) is 70.6 Å². The van der Waals surface area contributed by atoms with Gasteiger partial charge in [0.1, 0.15) is 11.4 Å². The first-order valence-corrected chi connectivity index (χ1v) is 13.3. The number of hydrogen-bond donors (Lipinski definition) is 1. The Hall–Kier alpha value is -3.47. The summed E-state index contributed by atoms with van der Waals surface area (Å²) >= 11 is 6.18. The number of pyridine rings is 1. The number of aromatic nitrogens is 6. The maximum absolute atomic E-state index is 12.0. The van der Waals surface area contributed by atoms with Gasteiger partial charge in [-0.15, -0.1) is 15.3 Å². The second-order valence-electron chi connectivity index (χ2n) is 9.82. The lowest BCUT2D eigenvalue weighted by molar-refractivity contribution is -0.147. The Bertz CT molecular complexity index is 1300. The van der Waals surface area contributed by atoms with Gasteiger partial charge in [-0.1, -0.05) is 16.8 Å². The van der Waals surface area contributed by atoms with E-state index in [4.69, 9.17) is 30.8 Å². The number of carbonyl (C=O) groups is 1. The summed E-state index contributed by atoms with van der Waals surface area (Å²) in [6.45, 7) is 2.30. The lowest BCUT2D eigenvalue weighted by atomic mass is 9.87. The van der Waals surface area contributed by atoms with Gasteiger partial charge in [-0.2, -0.15) is 0 Å². The molecule has 0 aromatic carbocycles. The van der Waals surface area contributed by atoms with Crippen LogP contribution in [0.15, 0.2) is 18.2 Å². The van der Waals surface area contributed by atoms with Crippen molar-refractivity contribution in [2.24, 2.45) is 13.0 Å². The predicted octanol–water partition coefficient (Wildman–Crippen LogP) is 4.28. The van der Waals surface area contributed by atoms with Gasteiger partial charge in [-0.3, -0.25) is 4.79 Å². The molecule has 3 aromatic heterocycles. The fourth-order valence-corrected chi connectivity index (χ4v) is 4.90. The lowest BCUT2D eigenvalue weighted by Gasteiger charge is -2.28. The van der Waals surface area contributed by atoms with Gasteiger partial charge in [0, 0.05) is 13.1 Å². The number of rotatable bonds is 9. The maximum atomic E-state index is 12.0. The number of aryl methyl sites for hydroxylation is 2. The monoisotopic (exact) mass is 541 g/mol. The molecule has 2 aliphatic rings. The largest absolute Gasteiger partial charge is 0.489 e. The van der Waals surface area contributed by atoms with E-state index in [1.807, 2.05) is 26.1 Å². The summed E-state index contributed by atoms with van der Waals surface area (Å²) in [7, 11) is 3.26. The number of carbonyl (C=O) groups excluding carboxylic acids is 1. The zero-order chi connectivity index (χ0) is 26.6. The summed E-state index contributed by atoms with van der Waals surface area (Å²) < 4.78 is 18.8. The minimum atomic E-state index is -0.168. The zero-order valence-corrected chi connectivity index (χ0v) is 22.6. The minimum absolute atomic E-state index is 0.0471. The molecular weight excluding hydrogens is 510 g/mol. The quantitative estimate of drug-likeness (QED) is 0.392. The topological polar surface area (TPSA) is 126 Å². The summed E-state index contributed by atoms with van der Waals surface area (Å²) in [6, 6.07) is 5.55. The summed E-state index contributed by atoms with van der Waals surface area (Å²) in [5.41, 5.74) is 2.92. The van der Waals surface area contributed by atoms with Gasteiger partial charge in [0.05, 0.1) is 48.9 Å². The van der Waals surface area contributed by atoms with Gasteiger partial charge in [0.2, 0.25) is 0 Å². The van der Waals surface area contributed by atoms with E-state index in [0.717, 1.165) is 43.5 Å². The number of nitrogens with zero attached hydrogens (tertiary/aromatic N) is 6. The van der Waals surface area contributed by atoms with Crippen LogP contribution in [-0.4, -0.2) is 55.5 Å². The molecule has 0 unspecified atom stereocenters. The number of esters is 1. The molecule has 0 spiro atoms. The third-order valence-electron chi connectivity index (χ3n) is 7.18. The number of hydrogen-bond acceptors (Lipinski definition) is 10. The molecule has 1 N–H and O–H groups in total. The molecule has 0 bridgehead atoms. The van der Waals surface area contributed by atoms with E-state index in [2.05, 4.69) is 25.8 Å². The van der Waals surface area contributed by atoms with Crippen molar-refractivity contribution in [2.75, 3.05) is 12.4 Å². The van der Waals surface area contributed by atoms with Gasteiger partial charge in [0.25, 0.3) is 0 Å². The second-order valence-corrected chi connectivity index (χ2v) is 10.2. The third-order valence-corrected chi connectivity index (χ3v) is 7.44. The van der Waals surface area contributed by atoms with Crippen molar-refractivity contribution >= 4 is 23.4 Å². The molecule has 12 heteroatoms. The highest BCUT2D eigenvalue weighted by Crippen LogP contribution is 2.32. The summed E-state index contributed by atoms with van der Waals surface area (Å²) in [5.74, 6) is 1.48. The summed E-state index contributed by atoms with van der Waals surface area (Å²) in [5, 5.41) is 20.2. The minimum Gasteiger partial charge on any atom is -0.489 e. The molecule has 11 nitrogen and oxygen atoms in total. The lowest BCUT2D eigenvalue weighted by Crippen LogP contribution is -2.30. The fourth-order valence-electron chi connectivity index (χ4n) is 4.76. The maximum Gasteiger partial charge on any atom is 0.308 e. The molecule has 2 aliphatic carbocycles. The van der Waals surface area contributed by atoms with Gasteiger partial charge in [-0.25, -0.2) is 9.67 Å². The van der Waals surface area contributed by atoms with E-state index in [1.165, 1.54) is 13.5 Å². The van der Waals surface area contributed by atoms with E-state index in [9.17, 15) is 4.79 Å². The second kappa shape index (κ2) is 11.5. The van der Waals surface area contributed by atoms with Crippen LogP contribution in [0.2, 0.25) is 5.15 Å². The molecule has 38 heavy (non-hydrogen) atoms. The molecule has 2 fully saturated rings. The average Bonchev–Trinajstić information content (AvgIpc) is 3.27. The Balaban J connectivity index is 1.27. The molecule has 0 radical (unpaired) electrons. The van der Waals surface area contributed by atoms with Crippen molar-refractivity contribution in [3.8, 4) is 22.9 Å². The summed E-state index contributed by atoms with van der Waals surface area (Å²) in [4.78, 5) is 16.7. The van der Waals surface area contributed by atoms with Crippen LogP contribution in [0, 0.1) is 12.8 Å². The molecule has 5 rings (SSSR count). The SMILES string of the molecule is COC(=O)[C@H]1CCC[C@H](Oc2ccc(-c3nnn(C)c3CNc3cc(OC4CCC4)c(Cl)nn3)nc2C)C1. The molecule has 202 valence electrons. The smallest absolute Gasteiger partial charge is 0.308 e. The highest BCUT2D eigenvalue weighted by molar-refractivity contribution is 6.30. The molecule has 0 aliphatic heterocycles. The van der Waals surface area contributed by atoms with Crippen molar-refractivity contribution in [1.29, 1.82) is 0 Å². The fraction of sp³-hybridized carbons (Fsp3) is 0.538. The summed E-state index contributed by atoms with van der Waals surface area (Å²) in [6.07, 6.45) is 6.66. The highest BCUT2D eigenvalue weighted by atomic mass is 35.5. The van der Waals surface area contributed by atoms with E-state index >= 15 is 0 Å². The van der Waals surface area contributed by atoms with Gasteiger partial charge in [0.15, 0.2) is 16.7 Å². The molecule has 3 aromatic rings. The zero-order valence-electron chi connectivity index (χ0n) is 21.8. The van der Waals surface area contributed by atoms with Crippen LogP contribution in [0.4, 0.5) is 5.82 Å². The Morgan fingerprint density at radius 3 is 2.58 bits per heavy atom. The molecule has 2 atom stereocenters. The molecule has 0 amide bonds. The van der Waals surface area contributed by atoms with Crippen molar-refractivity contribution in [3.05, 3.63) is 34.7 Å². The normalized spacial score (nSPS) is 19.5. The van der Waals surface area contributed by atoms with E-state index < -0.39 is 0 Å². The molecule has 2 saturated carbocycles. The Morgan fingerprint density at radius 2 is 1.84 bits per heavy atom. The van der Waals surface area contributed by atoms with Crippen LogP contribution in [-0.2, 0) is 23.1 Å². The first-order valence-electron chi connectivity index (χ1n) is 13.0. The van der Waals surface area contributed by atoms with Gasteiger partial charge >= 0.3 is 5.97 Å². The van der Waals surface area contributed by atoms with E-state index in [0.29, 0.717) is 41.7 Å². The average molecular weight is 542 g/mol.